The lowest BCUT2D eigenvalue weighted by Gasteiger charge is -2.36. The van der Waals surface area contributed by atoms with Gasteiger partial charge in [0, 0.05) is 33.0 Å². The van der Waals surface area contributed by atoms with Gasteiger partial charge in [-0.1, -0.05) is 5.21 Å². The molecule has 2 atom stereocenters. The van der Waals surface area contributed by atoms with Crippen LogP contribution in [0.2, 0.25) is 0 Å². The molecule has 0 saturated carbocycles. The van der Waals surface area contributed by atoms with Crippen molar-refractivity contribution < 1.29 is 18.7 Å². The van der Waals surface area contributed by atoms with Crippen LogP contribution in [0.3, 0.4) is 0 Å². The summed E-state index contributed by atoms with van der Waals surface area (Å²) >= 11 is 0. The Morgan fingerprint density at radius 2 is 2.13 bits per heavy atom. The van der Waals surface area contributed by atoms with Crippen LogP contribution in [0.4, 0.5) is 10.1 Å². The van der Waals surface area contributed by atoms with Crippen LogP contribution < -0.4 is 9.64 Å². The first-order valence-electron chi connectivity index (χ1n) is 10.2. The van der Waals surface area contributed by atoms with E-state index in [1.54, 1.807) is 35.4 Å². The number of hydrogen-bond donors (Lipinski definition) is 0. The summed E-state index contributed by atoms with van der Waals surface area (Å²) in [6.45, 7) is 6.48. The predicted molar refractivity (Wildman–Crippen MR) is 108 cm³/mol. The summed E-state index contributed by atoms with van der Waals surface area (Å²) in [6, 6.07) is 3.31. The number of ether oxygens (including phenoxy) is 1. The number of aryl methyl sites for hydroxylation is 2. The quantitative estimate of drug-likeness (QED) is 0.769. The third-order valence-corrected chi connectivity index (χ3v) is 6.03. The van der Waals surface area contributed by atoms with Gasteiger partial charge in [-0.2, -0.15) is 0 Å². The van der Waals surface area contributed by atoms with E-state index in [9.17, 15) is 9.59 Å². The van der Waals surface area contributed by atoms with Gasteiger partial charge in [0.25, 0.3) is 5.91 Å². The summed E-state index contributed by atoms with van der Waals surface area (Å²) in [5.74, 6) is -0.622. The minimum absolute atomic E-state index is 0.0128. The minimum atomic E-state index is -0.790. The molecule has 2 amide bonds. The molecule has 1 aromatic carbocycles. The number of aromatic nitrogens is 3. The zero-order valence-corrected chi connectivity index (χ0v) is 17.7. The lowest BCUT2D eigenvalue weighted by molar-refractivity contribution is -0.130. The number of likely N-dealkylation sites (tertiary alicyclic amines) is 1. The number of carbonyl (C=O) groups is 2. The van der Waals surface area contributed by atoms with Crippen LogP contribution in [0.1, 0.15) is 49.6 Å². The number of hydrogen-bond acceptors (Lipinski definition) is 5. The number of anilines is 1. The summed E-state index contributed by atoms with van der Waals surface area (Å²) in [4.78, 5) is 28.1. The molecule has 2 aliphatic rings. The number of rotatable bonds is 3. The standard InChI is InChI=1S/C21H26FN5O3/c1-12-19(25(4)24-23-12)11-27-18-9-16(15-6-5-7-26(10-15)14(3)28)8-17(22)20(18)30-13(2)21(27)29/h8-9,13,15H,5-7,10-11H2,1-4H3/t13-,15?/m1/s1. The molecule has 1 saturated heterocycles. The first kappa shape index (κ1) is 20.3. The van der Waals surface area contributed by atoms with E-state index >= 15 is 4.39 Å². The highest BCUT2D eigenvalue weighted by molar-refractivity contribution is 5.99. The van der Waals surface area contributed by atoms with E-state index in [0.717, 1.165) is 30.6 Å². The Balaban J connectivity index is 1.73. The second kappa shape index (κ2) is 7.70. The number of carbonyl (C=O) groups excluding carboxylic acids is 2. The summed E-state index contributed by atoms with van der Waals surface area (Å²) in [6.07, 6.45) is 0.930. The monoisotopic (exact) mass is 415 g/mol. The SMILES string of the molecule is CC(=O)N1CCCC(c2cc(F)c3c(c2)N(Cc2c(C)nnn2C)C(=O)[C@@H](C)O3)C1. The van der Waals surface area contributed by atoms with Gasteiger partial charge < -0.3 is 9.64 Å². The topological polar surface area (TPSA) is 80.6 Å². The molecule has 0 N–H and O–H groups in total. The van der Waals surface area contributed by atoms with Crippen molar-refractivity contribution in [3.63, 3.8) is 0 Å². The first-order valence-corrected chi connectivity index (χ1v) is 10.2. The number of piperidine rings is 1. The molecule has 1 aromatic heterocycles. The second-order valence-electron chi connectivity index (χ2n) is 8.08. The molecule has 1 unspecified atom stereocenters. The molecule has 1 fully saturated rings. The van der Waals surface area contributed by atoms with Gasteiger partial charge in [0.1, 0.15) is 0 Å². The first-order chi connectivity index (χ1) is 14.3. The van der Waals surface area contributed by atoms with E-state index in [1.165, 1.54) is 6.07 Å². The summed E-state index contributed by atoms with van der Waals surface area (Å²) in [5.41, 5.74) is 2.67. The molecule has 9 heteroatoms. The molecular weight excluding hydrogens is 389 g/mol. The highest BCUT2D eigenvalue weighted by Gasteiger charge is 2.36. The molecule has 3 heterocycles. The molecule has 0 bridgehead atoms. The summed E-state index contributed by atoms with van der Waals surface area (Å²) in [5, 5.41) is 8.05. The summed E-state index contributed by atoms with van der Waals surface area (Å²) < 4.78 is 22.3. The van der Waals surface area contributed by atoms with Crippen LogP contribution >= 0.6 is 0 Å². The van der Waals surface area contributed by atoms with E-state index in [0.29, 0.717) is 17.9 Å². The maximum absolute atomic E-state index is 15.1. The minimum Gasteiger partial charge on any atom is -0.476 e. The Kier molecular flexibility index (Phi) is 5.21. The lowest BCUT2D eigenvalue weighted by atomic mass is 9.89. The zero-order valence-electron chi connectivity index (χ0n) is 17.7. The molecule has 2 aliphatic heterocycles. The van der Waals surface area contributed by atoms with Gasteiger partial charge in [-0.3, -0.25) is 19.2 Å². The van der Waals surface area contributed by atoms with Crippen molar-refractivity contribution in [2.24, 2.45) is 7.05 Å². The Morgan fingerprint density at radius 1 is 1.37 bits per heavy atom. The zero-order chi connectivity index (χ0) is 21.6. The van der Waals surface area contributed by atoms with Gasteiger partial charge in [-0.25, -0.2) is 4.39 Å². The average Bonchev–Trinajstić information content (AvgIpc) is 3.03. The molecule has 8 nitrogen and oxygen atoms in total. The predicted octanol–water partition coefficient (Wildman–Crippen LogP) is 2.30. The van der Waals surface area contributed by atoms with E-state index in [1.807, 2.05) is 13.0 Å². The maximum atomic E-state index is 15.1. The van der Waals surface area contributed by atoms with E-state index in [4.69, 9.17) is 4.74 Å². The highest BCUT2D eigenvalue weighted by Crippen LogP contribution is 2.41. The fourth-order valence-electron chi connectivity index (χ4n) is 4.26. The lowest BCUT2D eigenvalue weighted by Crippen LogP contribution is -2.45. The highest BCUT2D eigenvalue weighted by atomic mass is 19.1. The Labute approximate surface area is 174 Å². The van der Waals surface area contributed by atoms with Gasteiger partial charge in [0.15, 0.2) is 17.7 Å². The number of amides is 2. The van der Waals surface area contributed by atoms with E-state index in [2.05, 4.69) is 10.3 Å². The van der Waals surface area contributed by atoms with Gasteiger partial charge >= 0.3 is 0 Å². The largest absolute Gasteiger partial charge is 0.476 e. The van der Waals surface area contributed by atoms with Crippen molar-refractivity contribution in [2.75, 3.05) is 18.0 Å². The third kappa shape index (κ3) is 3.53. The van der Waals surface area contributed by atoms with Crippen LogP contribution in [0.5, 0.6) is 5.75 Å². The van der Waals surface area contributed by atoms with E-state index in [-0.39, 0.29) is 30.0 Å². The Hall–Kier alpha value is -2.97. The number of fused-ring (bicyclic) bond motifs is 1. The van der Waals surface area contributed by atoms with Crippen LogP contribution in [0, 0.1) is 12.7 Å². The van der Waals surface area contributed by atoms with Gasteiger partial charge in [-0.05, 0) is 44.4 Å². The molecule has 0 spiro atoms. The Bertz CT molecular complexity index is 985. The van der Waals surface area contributed by atoms with Crippen molar-refractivity contribution >= 4 is 17.5 Å². The smallest absolute Gasteiger partial charge is 0.268 e. The maximum Gasteiger partial charge on any atom is 0.268 e. The van der Waals surface area contributed by atoms with Crippen molar-refractivity contribution in [3.05, 3.63) is 34.9 Å². The normalized spacial score (nSPS) is 21.4. The number of nitrogens with zero attached hydrogens (tertiary/aromatic N) is 5. The molecule has 2 aromatic rings. The molecular formula is C21H26FN5O3. The fourth-order valence-corrected chi connectivity index (χ4v) is 4.26. The second-order valence-corrected chi connectivity index (χ2v) is 8.08. The van der Waals surface area contributed by atoms with Gasteiger partial charge in [-0.15, -0.1) is 5.10 Å². The van der Waals surface area contributed by atoms with Crippen LogP contribution in [0.15, 0.2) is 12.1 Å². The van der Waals surface area contributed by atoms with Crippen LogP contribution in [-0.2, 0) is 23.2 Å². The Morgan fingerprint density at radius 3 is 2.80 bits per heavy atom. The molecule has 4 rings (SSSR count). The van der Waals surface area contributed by atoms with Crippen molar-refractivity contribution in [1.29, 1.82) is 0 Å². The van der Waals surface area contributed by atoms with Crippen LogP contribution in [-0.4, -0.2) is 50.9 Å². The van der Waals surface area contributed by atoms with Crippen molar-refractivity contribution in [3.8, 4) is 5.75 Å². The third-order valence-electron chi connectivity index (χ3n) is 6.03. The van der Waals surface area contributed by atoms with Gasteiger partial charge in [0.2, 0.25) is 5.91 Å². The fraction of sp³-hybridized carbons (Fsp3) is 0.524. The van der Waals surface area contributed by atoms with Crippen molar-refractivity contribution in [2.45, 2.75) is 52.2 Å². The number of halogens is 1. The summed E-state index contributed by atoms with van der Waals surface area (Å²) in [7, 11) is 1.76. The number of benzene rings is 1. The van der Waals surface area contributed by atoms with Crippen molar-refractivity contribution in [1.82, 2.24) is 19.9 Å². The molecule has 160 valence electrons. The molecule has 30 heavy (non-hydrogen) atoms. The van der Waals surface area contributed by atoms with Gasteiger partial charge in [0.05, 0.1) is 23.6 Å². The molecule has 0 radical (unpaired) electrons. The molecule has 0 aliphatic carbocycles. The van der Waals surface area contributed by atoms with Crippen LogP contribution in [0.25, 0.3) is 0 Å². The van der Waals surface area contributed by atoms with E-state index < -0.39 is 11.9 Å². The average molecular weight is 415 g/mol.